The Balaban J connectivity index is 2.26. The molecule has 0 aliphatic heterocycles. The second-order valence-electron chi connectivity index (χ2n) is 4.45. The van der Waals surface area contributed by atoms with Crippen molar-refractivity contribution in [3.63, 3.8) is 0 Å². The van der Waals surface area contributed by atoms with Gasteiger partial charge in [0.05, 0.1) is 5.02 Å². The van der Waals surface area contributed by atoms with Crippen LogP contribution in [0.25, 0.3) is 0 Å². The van der Waals surface area contributed by atoms with E-state index in [0.717, 1.165) is 35.6 Å². The number of nitrogens with one attached hydrogen (secondary N) is 1. The Labute approximate surface area is 151 Å². The summed E-state index contributed by atoms with van der Waals surface area (Å²) in [4.78, 5) is 0. The molecule has 0 saturated heterocycles. The molecule has 1 N–H and O–H groups in total. The van der Waals surface area contributed by atoms with Crippen molar-refractivity contribution < 1.29 is 0 Å². The summed E-state index contributed by atoms with van der Waals surface area (Å²) in [6.45, 7) is 0. The molecule has 1 unspecified atom stereocenters. The van der Waals surface area contributed by atoms with Crippen LogP contribution in [-0.2, 0) is 6.42 Å². The highest BCUT2D eigenvalue weighted by Gasteiger charge is 2.13. The average molecular weight is 485 g/mol. The van der Waals surface area contributed by atoms with E-state index >= 15 is 0 Å². The lowest BCUT2D eigenvalue weighted by Crippen LogP contribution is -2.19. The van der Waals surface area contributed by atoms with Crippen LogP contribution in [0.2, 0.25) is 10.0 Å². The first-order valence-electron chi connectivity index (χ1n) is 6.07. The Morgan fingerprint density at radius 2 is 1.90 bits per heavy atom. The molecule has 106 valence electrons. The minimum absolute atomic E-state index is 0.183. The Hall–Kier alpha value is 0.190. The molecular formula is C15H13BrCl2IN. The molecule has 5 heteroatoms. The predicted molar refractivity (Wildman–Crippen MR) is 98.8 cm³/mol. The van der Waals surface area contributed by atoms with Gasteiger partial charge < -0.3 is 5.32 Å². The number of hydrogen-bond acceptors (Lipinski definition) is 1. The first kappa shape index (κ1) is 16.6. The lowest BCUT2D eigenvalue weighted by molar-refractivity contribution is 0.592. The fourth-order valence-electron chi connectivity index (χ4n) is 2.02. The van der Waals surface area contributed by atoms with Gasteiger partial charge in [0.15, 0.2) is 0 Å². The van der Waals surface area contributed by atoms with E-state index < -0.39 is 0 Å². The maximum Gasteiger partial charge on any atom is 0.0542 e. The second kappa shape index (κ2) is 7.45. The maximum atomic E-state index is 6.29. The van der Waals surface area contributed by atoms with E-state index in [0.29, 0.717) is 0 Å². The zero-order valence-corrected chi connectivity index (χ0v) is 16.0. The van der Waals surface area contributed by atoms with E-state index in [4.69, 9.17) is 23.2 Å². The molecular weight excluding hydrogens is 472 g/mol. The maximum absolute atomic E-state index is 6.29. The van der Waals surface area contributed by atoms with E-state index in [1.54, 1.807) is 0 Å². The summed E-state index contributed by atoms with van der Waals surface area (Å²) in [5.74, 6) is 0. The third-order valence-corrected chi connectivity index (χ3v) is 5.55. The van der Waals surface area contributed by atoms with Crippen molar-refractivity contribution in [3.8, 4) is 0 Å². The zero-order chi connectivity index (χ0) is 14.7. The van der Waals surface area contributed by atoms with Crippen LogP contribution in [0, 0.1) is 3.57 Å². The van der Waals surface area contributed by atoms with Crippen LogP contribution in [0.3, 0.4) is 0 Å². The first-order valence-corrected chi connectivity index (χ1v) is 8.70. The van der Waals surface area contributed by atoms with Crippen LogP contribution in [0.15, 0.2) is 40.9 Å². The molecule has 0 heterocycles. The number of hydrogen-bond donors (Lipinski definition) is 1. The highest BCUT2D eigenvalue weighted by Crippen LogP contribution is 2.28. The van der Waals surface area contributed by atoms with Crippen LogP contribution < -0.4 is 5.32 Å². The monoisotopic (exact) mass is 483 g/mol. The van der Waals surface area contributed by atoms with Gasteiger partial charge in [-0.1, -0.05) is 51.3 Å². The lowest BCUT2D eigenvalue weighted by Gasteiger charge is -2.18. The van der Waals surface area contributed by atoms with Crippen molar-refractivity contribution >= 4 is 61.7 Å². The van der Waals surface area contributed by atoms with Gasteiger partial charge in [-0.05, 0) is 71.5 Å². The molecule has 0 aliphatic carbocycles. The Morgan fingerprint density at radius 1 is 1.15 bits per heavy atom. The Kier molecular flexibility index (Phi) is 6.17. The highest BCUT2D eigenvalue weighted by atomic mass is 127. The predicted octanol–water partition coefficient (Wildman–Crippen LogP) is 5.86. The molecule has 0 radical (unpaired) electrons. The summed E-state index contributed by atoms with van der Waals surface area (Å²) in [6.07, 6.45) is 0.819. The molecule has 0 aromatic heterocycles. The third-order valence-electron chi connectivity index (χ3n) is 3.13. The fourth-order valence-corrected chi connectivity index (χ4v) is 3.30. The van der Waals surface area contributed by atoms with E-state index in [9.17, 15) is 0 Å². The number of benzene rings is 2. The van der Waals surface area contributed by atoms with Crippen molar-refractivity contribution in [1.82, 2.24) is 5.32 Å². The van der Waals surface area contributed by atoms with Gasteiger partial charge in [0.2, 0.25) is 0 Å². The summed E-state index contributed by atoms with van der Waals surface area (Å²) < 4.78 is 2.05. The van der Waals surface area contributed by atoms with Crippen molar-refractivity contribution in [3.05, 3.63) is 65.6 Å². The van der Waals surface area contributed by atoms with Gasteiger partial charge in [0.25, 0.3) is 0 Å². The molecule has 0 fully saturated rings. The van der Waals surface area contributed by atoms with Gasteiger partial charge in [-0.3, -0.25) is 0 Å². The smallest absolute Gasteiger partial charge is 0.0542 e. The van der Waals surface area contributed by atoms with Crippen molar-refractivity contribution in [2.75, 3.05) is 7.05 Å². The van der Waals surface area contributed by atoms with Crippen LogP contribution in [0.1, 0.15) is 17.2 Å². The molecule has 0 aliphatic rings. The summed E-state index contributed by atoms with van der Waals surface area (Å²) in [5.41, 5.74) is 2.28. The van der Waals surface area contributed by atoms with Gasteiger partial charge in [0, 0.05) is 19.1 Å². The quantitative estimate of drug-likeness (QED) is 0.536. The lowest BCUT2D eigenvalue weighted by atomic mass is 9.99. The van der Waals surface area contributed by atoms with Crippen LogP contribution in [-0.4, -0.2) is 7.05 Å². The Morgan fingerprint density at radius 3 is 2.50 bits per heavy atom. The first-order chi connectivity index (χ1) is 9.51. The number of halogens is 4. The molecule has 0 saturated carbocycles. The fraction of sp³-hybridized carbons (Fsp3) is 0.200. The minimum atomic E-state index is 0.183. The number of likely N-dealkylation sites (N-methyl/N-ethyl adjacent to an activating group) is 1. The molecule has 2 aromatic rings. The van der Waals surface area contributed by atoms with E-state index in [1.807, 2.05) is 37.4 Å². The summed E-state index contributed by atoms with van der Waals surface area (Å²) in [6, 6.07) is 12.3. The van der Waals surface area contributed by atoms with Gasteiger partial charge in [-0.2, -0.15) is 0 Å². The molecule has 2 aromatic carbocycles. The average Bonchev–Trinajstić information content (AvgIpc) is 2.41. The molecule has 0 bridgehead atoms. The van der Waals surface area contributed by atoms with Gasteiger partial charge in [-0.15, -0.1) is 0 Å². The van der Waals surface area contributed by atoms with Gasteiger partial charge >= 0.3 is 0 Å². The van der Waals surface area contributed by atoms with Crippen LogP contribution >= 0.6 is 61.7 Å². The normalized spacial score (nSPS) is 12.4. The molecule has 0 spiro atoms. The van der Waals surface area contributed by atoms with Crippen LogP contribution in [0.5, 0.6) is 0 Å². The topological polar surface area (TPSA) is 12.0 Å². The largest absolute Gasteiger partial charge is 0.313 e. The minimum Gasteiger partial charge on any atom is -0.313 e. The summed E-state index contributed by atoms with van der Waals surface area (Å²) in [5, 5.41) is 4.88. The van der Waals surface area contributed by atoms with E-state index in [2.05, 4.69) is 49.9 Å². The molecule has 20 heavy (non-hydrogen) atoms. The SMILES string of the molecule is CNC(Cc1ccc(Br)cc1Cl)c1ccc(I)c(Cl)c1. The standard InChI is InChI=1S/C15H13BrCl2IN/c1-20-15(10-3-5-14(19)13(18)6-10)7-9-2-4-11(16)8-12(9)17/h2-6,8,15,20H,7H2,1H3. The molecule has 2 rings (SSSR count). The van der Waals surface area contributed by atoms with E-state index in [1.165, 1.54) is 0 Å². The van der Waals surface area contributed by atoms with Gasteiger partial charge in [-0.25, -0.2) is 0 Å². The zero-order valence-electron chi connectivity index (χ0n) is 10.8. The van der Waals surface area contributed by atoms with Gasteiger partial charge in [0.1, 0.15) is 0 Å². The number of rotatable bonds is 4. The molecule has 1 atom stereocenters. The third kappa shape index (κ3) is 4.10. The molecule has 0 amide bonds. The highest BCUT2D eigenvalue weighted by molar-refractivity contribution is 14.1. The van der Waals surface area contributed by atoms with Crippen molar-refractivity contribution in [2.45, 2.75) is 12.5 Å². The van der Waals surface area contributed by atoms with E-state index in [-0.39, 0.29) is 6.04 Å². The second-order valence-corrected chi connectivity index (χ2v) is 7.35. The van der Waals surface area contributed by atoms with Crippen LogP contribution in [0.4, 0.5) is 0 Å². The van der Waals surface area contributed by atoms with Crippen molar-refractivity contribution in [2.24, 2.45) is 0 Å². The summed E-state index contributed by atoms with van der Waals surface area (Å²) >= 11 is 18.1. The summed E-state index contributed by atoms with van der Waals surface area (Å²) in [7, 11) is 1.95. The molecule has 1 nitrogen and oxygen atoms in total. The van der Waals surface area contributed by atoms with Crippen molar-refractivity contribution in [1.29, 1.82) is 0 Å². The Bertz CT molecular complexity index is 619.